The Morgan fingerprint density at radius 3 is 3.00 bits per heavy atom. The van der Waals surface area contributed by atoms with E-state index in [1.807, 2.05) is 34.5 Å². The van der Waals surface area contributed by atoms with E-state index in [4.69, 9.17) is 9.15 Å². The second-order valence-electron chi connectivity index (χ2n) is 4.93. The molecular formula is C15H18N2O3S. The molecule has 21 heavy (non-hydrogen) atoms. The lowest BCUT2D eigenvalue weighted by Crippen LogP contribution is -2.52. The maximum Gasteiger partial charge on any atom is 0.242 e. The highest BCUT2D eigenvalue weighted by Crippen LogP contribution is 2.16. The van der Waals surface area contributed by atoms with Crippen molar-refractivity contribution in [1.82, 2.24) is 10.2 Å². The van der Waals surface area contributed by atoms with Crippen LogP contribution in [0, 0.1) is 0 Å². The Labute approximate surface area is 127 Å². The van der Waals surface area contributed by atoms with Gasteiger partial charge in [0, 0.05) is 11.4 Å². The van der Waals surface area contributed by atoms with E-state index in [1.165, 1.54) is 0 Å². The summed E-state index contributed by atoms with van der Waals surface area (Å²) in [5.41, 5.74) is 0. The molecule has 0 aromatic carbocycles. The van der Waals surface area contributed by atoms with Gasteiger partial charge in [0.15, 0.2) is 0 Å². The first-order chi connectivity index (χ1) is 10.3. The minimum Gasteiger partial charge on any atom is -0.467 e. The maximum atomic E-state index is 12.7. The van der Waals surface area contributed by atoms with E-state index in [-0.39, 0.29) is 11.9 Å². The number of furan rings is 1. The smallest absolute Gasteiger partial charge is 0.242 e. The molecule has 6 heteroatoms. The number of ether oxygens (including phenoxy) is 1. The van der Waals surface area contributed by atoms with Crippen LogP contribution in [0.5, 0.6) is 0 Å². The van der Waals surface area contributed by atoms with Crippen LogP contribution in [-0.4, -0.2) is 36.6 Å². The van der Waals surface area contributed by atoms with Gasteiger partial charge in [0.2, 0.25) is 5.91 Å². The second kappa shape index (κ2) is 6.89. The van der Waals surface area contributed by atoms with Crippen LogP contribution < -0.4 is 5.32 Å². The van der Waals surface area contributed by atoms with Gasteiger partial charge in [0.05, 0.1) is 32.6 Å². The molecule has 1 unspecified atom stereocenters. The lowest BCUT2D eigenvalue weighted by molar-refractivity contribution is -0.137. The molecule has 3 heterocycles. The van der Waals surface area contributed by atoms with Gasteiger partial charge in [-0.1, -0.05) is 6.07 Å². The van der Waals surface area contributed by atoms with Gasteiger partial charge in [-0.15, -0.1) is 11.3 Å². The zero-order valence-electron chi connectivity index (χ0n) is 11.7. The lowest BCUT2D eigenvalue weighted by Gasteiger charge is -2.29. The molecule has 1 aliphatic heterocycles. The summed E-state index contributed by atoms with van der Waals surface area (Å²) < 4.78 is 10.8. The first-order valence-electron chi connectivity index (χ1n) is 6.97. The average Bonchev–Trinajstić information content (AvgIpc) is 3.20. The summed E-state index contributed by atoms with van der Waals surface area (Å²) in [6, 6.07) is 7.49. The van der Waals surface area contributed by atoms with Gasteiger partial charge in [-0.25, -0.2) is 0 Å². The van der Waals surface area contributed by atoms with Gasteiger partial charge in [-0.3, -0.25) is 4.79 Å². The molecule has 0 spiro atoms. The molecule has 1 fully saturated rings. The largest absolute Gasteiger partial charge is 0.467 e. The highest BCUT2D eigenvalue weighted by atomic mass is 32.1. The number of nitrogens with one attached hydrogen (secondary N) is 1. The second-order valence-corrected chi connectivity index (χ2v) is 5.97. The normalized spacial score (nSPS) is 18.6. The fourth-order valence-corrected chi connectivity index (χ4v) is 3.06. The van der Waals surface area contributed by atoms with E-state index < -0.39 is 0 Å². The average molecular weight is 306 g/mol. The number of carbonyl (C=O) groups is 1. The van der Waals surface area contributed by atoms with Gasteiger partial charge < -0.3 is 19.4 Å². The SMILES string of the molecule is O=C(C1COCCN1)N(Cc1ccco1)Cc1cccs1. The molecule has 5 nitrogen and oxygen atoms in total. The zero-order valence-corrected chi connectivity index (χ0v) is 12.5. The van der Waals surface area contributed by atoms with E-state index in [0.29, 0.717) is 32.8 Å². The molecule has 1 atom stereocenters. The number of rotatable bonds is 5. The van der Waals surface area contributed by atoms with Crippen LogP contribution in [0.3, 0.4) is 0 Å². The molecule has 1 aliphatic rings. The highest BCUT2D eigenvalue weighted by Gasteiger charge is 2.27. The third-order valence-electron chi connectivity index (χ3n) is 3.39. The standard InChI is InChI=1S/C15H18N2O3S/c18-15(14-11-19-7-5-16-14)17(9-12-3-1-6-20-12)10-13-4-2-8-21-13/h1-4,6,8,14,16H,5,7,9-11H2. The number of hydrogen-bond acceptors (Lipinski definition) is 5. The predicted octanol–water partition coefficient (Wildman–Crippen LogP) is 1.86. The van der Waals surface area contributed by atoms with Crippen molar-refractivity contribution in [2.75, 3.05) is 19.8 Å². The van der Waals surface area contributed by atoms with E-state index >= 15 is 0 Å². The summed E-state index contributed by atoms with van der Waals surface area (Å²) in [6.45, 7) is 2.87. The molecule has 1 N–H and O–H groups in total. The van der Waals surface area contributed by atoms with Crippen molar-refractivity contribution < 1.29 is 13.9 Å². The van der Waals surface area contributed by atoms with Crippen molar-refractivity contribution in [2.45, 2.75) is 19.1 Å². The summed E-state index contributed by atoms with van der Waals surface area (Å²) in [4.78, 5) is 15.7. The molecule has 3 rings (SSSR count). The molecule has 0 radical (unpaired) electrons. The van der Waals surface area contributed by atoms with Crippen molar-refractivity contribution in [1.29, 1.82) is 0 Å². The summed E-state index contributed by atoms with van der Waals surface area (Å²) in [5.74, 6) is 0.844. The van der Waals surface area contributed by atoms with Gasteiger partial charge in [-0.2, -0.15) is 0 Å². The van der Waals surface area contributed by atoms with Crippen LogP contribution in [0.1, 0.15) is 10.6 Å². The van der Waals surface area contributed by atoms with Crippen LogP contribution >= 0.6 is 11.3 Å². The first-order valence-corrected chi connectivity index (χ1v) is 7.85. The Morgan fingerprint density at radius 1 is 1.38 bits per heavy atom. The van der Waals surface area contributed by atoms with E-state index in [2.05, 4.69) is 5.32 Å². The van der Waals surface area contributed by atoms with Crippen LogP contribution in [0.15, 0.2) is 40.3 Å². The molecule has 2 aromatic rings. The number of carbonyl (C=O) groups excluding carboxylic acids is 1. The van der Waals surface area contributed by atoms with E-state index in [0.717, 1.165) is 10.6 Å². The summed E-state index contributed by atoms with van der Waals surface area (Å²) in [5, 5.41) is 5.24. The number of nitrogens with zero attached hydrogens (tertiary/aromatic N) is 1. The molecule has 0 aliphatic carbocycles. The van der Waals surface area contributed by atoms with E-state index in [1.54, 1.807) is 17.6 Å². The van der Waals surface area contributed by atoms with Crippen LogP contribution in [-0.2, 0) is 22.6 Å². The molecule has 0 bridgehead atoms. The van der Waals surface area contributed by atoms with Crippen molar-refractivity contribution in [3.63, 3.8) is 0 Å². The molecule has 112 valence electrons. The number of thiophene rings is 1. The van der Waals surface area contributed by atoms with Crippen molar-refractivity contribution in [2.24, 2.45) is 0 Å². The van der Waals surface area contributed by atoms with Crippen molar-refractivity contribution >= 4 is 17.2 Å². The molecule has 0 saturated carbocycles. The van der Waals surface area contributed by atoms with Crippen LogP contribution in [0.25, 0.3) is 0 Å². The Hall–Kier alpha value is -1.63. The fraction of sp³-hybridized carbons (Fsp3) is 0.400. The Balaban J connectivity index is 1.72. The van der Waals surface area contributed by atoms with Crippen molar-refractivity contribution in [3.05, 3.63) is 46.5 Å². The number of morpholine rings is 1. The number of amides is 1. The molecular weight excluding hydrogens is 288 g/mol. The summed E-state index contributed by atoms with van der Waals surface area (Å²) in [6.07, 6.45) is 1.63. The van der Waals surface area contributed by atoms with Gasteiger partial charge >= 0.3 is 0 Å². The lowest BCUT2D eigenvalue weighted by atomic mass is 10.2. The Kier molecular flexibility index (Phi) is 4.69. The first kappa shape index (κ1) is 14.3. The molecule has 1 amide bonds. The highest BCUT2D eigenvalue weighted by molar-refractivity contribution is 7.09. The number of hydrogen-bond donors (Lipinski definition) is 1. The Bertz CT molecular complexity index is 511. The predicted molar refractivity (Wildman–Crippen MR) is 79.9 cm³/mol. The van der Waals surface area contributed by atoms with E-state index in [9.17, 15) is 4.79 Å². The molecule has 2 aromatic heterocycles. The minimum atomic E-state index is -0.270. The third kappa shape index (κ3) is 3.72. The van der Waals surface area contributed by atoms with Gasteiger partial charge in [0.1, 0.15) is 11.8 Å². The molecule has 1 saturated heterocycles. The minimum absolute atomic E-state index is 0.0551. The fourth-order valence-electron chi connectivity index (χ4n) is 2.34. The van der Waals surface area contributed by atoms with Crippen molar-refractivity contribution in [3.8, 4) is 0 Å². The van der Waals surface area contributed by atoms with Crippen LogP contribution in [0.4, 0.5) is 0 Å². The summed E-state index contributed by atoms with van der Waals surface area (Å²) in [7, 11) is 0. The summed E-state index contributed by atoms with van der Waals surface area (Å²) >= 11 is 1.65. The zero-order chi connectivity index (χ0) is 14.5. The van der Waals surface area contributed by atoms with Crippen LogP contribution in [0.2, 0.25) is 0 Å². The van der Waals surface area contributed by atoms with Gasteiger partial charge in [0.25, 0.3) is 0 Å². The Morgan fingerprint density at radius 2 is 2.33 bits per heavy atom. The monoisotopic (exact) mass is 306 g/mol. The topological polar surface area (TPSA) is 54.7 Å². The third-order valence-corrected chi connectivity index (χ3v) is 4.25. The quantitative estimate of drug-likeness (QED) is 0.916. The maximum absolute atomic E-state index is 12.7. The van der Waals surface area contributed by atoms with Gasteiger partial charge in [-0.05, 0) is 23.6 Å².